The quantitative estimate of drug-likeness (QED) is 0.643. The first-order chi connectivity index (χ1) is 10.3. The number of hydrogen-bond donors (Lipinski definition) is 2. The lowest BCUT2D eigenvalue weighted by molar-refractivity contribution is -0.143. The van der Waals surface area contributed by atoms with Gasteiger partial charge in [0.25, 0.3) is 0 Å². The summed E-state index contributed by atoms with van der Waals surface area (Å²) in [5, 5.41) is 12.8. The number of esters is 1. The van der Waals surface area contributed by atoms with Gasteiger partial charge in [0.2, 0.25) is 11.8 Å². The Balaban J connectivity index is 2.37. The highest BCUT2D eigenvalue weighted by molar-refractivity contribution is 6.02. The van der Waals surface area contributed by atoms with Gasteiger partial charge in [0.1, 0.15) is 0 Å². The fraction of sp³-hybridized carbons (Fsp3) is 0.400. The molecule has 22 heavy (non-hydrogen) atoms. The molecule has 1 aromatic rings. The average Bonchev–Trinajstić information content (AvgIpc) is 2.46. The van der Waals surface area contributed by atoms with Crippen molar-refractivity contribution in [3.63, 3.8) is 0 Å². The summed E-state index contributed by atoms with van der Waals surface area (Å²) in [4.78, 5) is 36.2. The lowest BCUT2D eigenvalue weighted by atomic mass is 9.89. The van der Waals surface area contributed by atoms with Gasteiger partial charge in [-0.2, -0.15) is 0 Å². The molecule has 0 saturated carbocycles. The first-order valence-corrected chi connectivity index (χ1v) is 6.82. The summed E-state index contributed by atoms with van der Waals surface area (Å²) < 4.78 is 4.60. The molecule has 0 aromatic heterocycles. The monoisotopic (exact) mass is 306 g/mol. The Kier molecular flexibility index (Phi) is 4.35. The predicted molar refractivity (Wildman–Crippen MR) is 79.6 cm³/mol. The number of phenols is 1. The molecule has 2 rings (SSSR count). The summed E-state index contributed by atoms with van der Waals surface area (Å²) in [5.74, 6) is -1.71. The van der Waals surface area contributed by atoms with E-state index in [4.69, 9.17) is 0 Å². The number of amides is 2. The van der Waals surface area contributed by atoms with Crippen molar-refractivity contribution < 1.29 is 24.2 Å². The second kappa shape index (κ2) is 6.05. The molecule has 0 aliphatic carbocycles. The molecule has 0 saturated heterocycles. The zero-order valence-corrected chi connectivity index (χ0v) is 12.7. The molecule has 2 N–H and O–H groups in total. The molecule has 1 aliphatic rings. The summed E-state index contributed by atoms with van der Waals surface area (Å²) in [7, 11) is 2.81. The number of ether oxygens (including phenoxy) is 1. The normalized spacial score (nSPS) is 17.0. The van der Waals surface area contributed by atoms with Crippen LogP contribution in [-0.4, -0.2) is 37.0 Å². The van der Waals surface area contributed by atoms with E-state index in [-0.39, 0.29) is 29.7 Å². The maximum atomic E-state index is 12.3. The molecule has 1 atom stereocenters. The lowest BCUT2D eigenvalue weighted by Crippen LogP contribution is -2.39. The van der Waals surface area contributed by atoms with Gasteiger partial charge in [0.15, 0.2) is 5.75 Å². The third-order valence-corrected chi connectivity index (χ3v) is 3.67. The Labute approximate surface area is 127 Å². The van der Waals surface area contributed by atoms with Crippen molar-refractivity contribution in [1.29, 1.82) is 0 Å². The van der Waals surface area contributed by atoms with Crippen LogP contribution >= 0.6 is 0 Å². The van der Waals surface area contributed by atoms with Gasteiger partial charge in [-0.3, -0.25) is 14.4 Å². The van der Waals surface area contributed by atoms with Gasteiger partial charge in [-0.1, -0.05) is 6.07 Å². The van der Waals surface area contributed by atoms with Crippen molar-refractivity contribution in [2.45, 2.75) is 19.8 Å². The molecule has 0 radical (unpaired) electrons. The van der Waals surface area contributed by atoms with Gasteiger partial charge >= 0.3 is 5.97 Å². The fourth-order valence-corrected chi connectivity index (χ4v) is 2.63. The van der Waals surface area contributed by atoms with E-state index in [0.717, 1.165) is 5.56 Å². The topological polar surface area (TPSA) is 95.9 Å². The molecule has 1 unspecified atom stereocenters. The van der Waals surface area contributed by atoms with Crippen molar-refractivity contribution in [3.05, 3.63) is 17.7 Å². The lowest BCUT2D eigenvalue weighted by Gasteiger charge is -2.32. The van der Waals surface area contributed by atoms with Crippen LogP contribution in [0.5, 0.6) is 5.75 Å². The molecular weight excluding hydrogens is 288 g/mol. The van der Waals surface area contributed by atoms with E-state index in [1.807, 2.05) is 0 Å². The van der Waals surface area contributed by atoms with Gasteiger partial charge in [-0.05, 0) is 18.1 Å². The molecule has 7 nitrogen and oxygen atoms in total. The minimum atomic E-state index is -0.518. The summed E-state index contributed by atoms with van der Waals surface area (Å²) in [6.07, 6.45) is 0.328. The maximum Gasteiger partial charge on any atom is 0.306 e. The van der Waals surface area contributed by atoms with E-state index in [2.05, 4.69) is 10.1 Å². The molecule has 7 heteroatoms. The predicted octanol–water partition coefficient (Wildman–Crippen LogP) is 1.05. The Morgan fingerprint density at radius 1 is 1.45 bits per heavy atom. The van der Waals surface area contributed by atoms with E-state index in [9.17, 15) is 19.5 Å². The standard InChI is InChI=1S/C15H18N2O5/c1-8(18)16-11-5-4-9-6-10(7-12(19)22-3)15(21)17(2)13(9)14(11)20/h4-5,10,20H,6-7H2,1-3H3,(H,16,18). The Bertz CT molecular complexity index is 641. The van der Waals surface area contributed by atoms with Crippen LogP contribution in [0.4, 0.5) is 11.4 Å². The van der Waals surface area contributed by atoms with Crippen LogP contribution in [0.15, 0.2) is 12.1 Å². The summed E-state index contributed by atoms with van der Waals surface area (Å²) in [5.41, 5.74) is 1.34. The number of phenolic OH excluding ortho intramolecular Hbond substituents is 1. The Morgan fingerprint density at radius 3 is 2.73 bits per heavy atom. The SMILES string of the molecule is COC(=O)CC1Cc2ccc(NC(C)=O)c(O)c2N(C)C1=O. The van der Waals surface area contributed by atoms with Crippen LogP contribution in [0.1, 0.15) is 18.9 Å². The first kappa shape index (κ1) is 15.8. The minimum absolute atomic E-state index is 0.00662. The molecule has 0 spiro atoms. The summed E-state index contributed by atoms with van der Waals surface area (Å²) >= 11 is 0. The number of fused-ring (bicyclic) bond motifs is 1. The first-order valence-electron chi connectivity index (χ1n) is 6.82. The number of nitrogens with zero attached hydrogens (tertiary/aromatic N) is 1. The summed E-state index contributed by atoms with van der Waals surface area (Å²) in [6.45, 7) is 1.33. The Hall–Kier alpha value is -2.57. The number of rotatable bonds is 3. The van der Waals surface area contributed by atoms with E-state index < -0.39 is 11.9 Å². The van der Waals surface area contributed by atoms with Crippen molar-refractivity contribution in [2.75, 3.05) is 24.4 Å². The van der Waals surface area contributed by atoms with Crippen molar-refractivity contribution in [2.24, 2.45) is 5.92 Å². The zero-order valence-electron chi connectivity index (χ0n) is 12.7. The Morgan fingerprint density at radius 2 is 2.14 bits per heavy atom. The molecule has 118 valence electrons. The molecular formula is C15H18N2O5. The van der Waals surface area contributed by atoms with E-state index in [1.54, 1.807) is 12.1 Å². The van der Waals surface area contributed by atoms with Crippen LogP contribution in [0, 0.1) is 5.92 Å². The molecule has 1 aliphatic heterocycles. The number of aromatic hydroxyl groups is 1. The van der Waals surface area contributed by atoms with Crippen molar-refractivity contribution >= 4 is 29.2 Å². The molecule has 0 bridgehead atoms. The second-order valence-corrected chi connectivity index (χ2v) is 5.23. The number of carbonyl (C=O) groups is 3. The zero-order chi connectivity index (χ0) is 16.4. The van der Waals surface area contributed by atoms with Crippen LogP contribution < -0.4 is 10.2 Å². The number of benzene rings is 1. The van der Waals surface area contributed by atoms with Gasteiger partial charge in [0.05, 0.1) is 30.8 Å². The number of nitrogens with one attached hydrogen (secondary N) is 1. The van der Waals surface area contributed by atoms with Crippen LogP contribution in [0.3, 0.4) is 0 Å². The van der Waals surface area contributed by atoms with Gasteiger partial charge in [-0.25, -0.2) is 0 Å². The highest BCUT2D eigenvalue weighted by Gasteiger charge is 2.34. The molecule has 2 amide bonds. The fourth-order valence-electron chi connectivity index (χ4n) is 2.63. The van der Waals surface area contributed by atoms with Crippen LogP contribution in [0.25, 0.3) is 0 Å². The van der Waals surface area contributed by atoms with E-state index in [1.165, 1.54) is 26.0 Å². The number of hydrogen-bond acceptors (Lipinski definition) is 5. The van der Waals surface area contributed by atoms with Crippen molar-refractivity contribution in [3.8, 4) is 5.75 Å². The second-order valence-electron chi connectivity index (χ2n) is 5.23. The highest BCUT2D eigenvalue weighted by atomic mass is 16.5. The largest absolute Gasteiger partial charge is 0.504 e. The van der Waals surface area contributed by atoms with Gasteiger partial charge in [0, 0.05) is 14.0 Å². The number of carbonyl (C=O) groups excluding carboxylic acids is 3. The van der Waals surface area contributed by atoms with Gasteiger partial charge in [-0.15, -0.1) is 0 Å². The summed E-state index contributed by atoms with van der Waals surface area (Å²) in [6, 6.07) is 3.31. The maximum absolute atomic E-state index is 12.3. The van der Waals surface area contributed by atoms with E-state index in [0.29, 0.717) is 12.1 Å². The molecule has 1 aromatic carbocycles. The van der Waals surface area contributed by atoms with E-state index >= 15 is 0 Å². The smallest absolute Gasteiger partial charge is 0.306 e. The van der Waals surface area contributed by atoms with Gasteiger partial charge < -0.3 is 20.1 Å². The van der Waals surface area contributed by atoms with Crippen LogP contribution in [0.2, 0.25) is 0 Å². The van der Waals surface area contributed by atoms with Crippen molar-refractivity contribution in [1.82, 2.24) is 0 Å². The third-order valence-electron chi connectivity index (χ3n) is 3.67. The average molecular weight is 306 g/mol. The molecule has 1 heterocycles. The highest BCUT2D eigenvalue weighted by Crippen LogP contribution is 2.42. The third kappa shape index (κ3) is 2.88. The minimum Gasteiger partial charge on any atom is -0.504 e. The van der Waals surface area contributed by atoms with Crippen LogP contribution in [-0.2, 0) is 25.5 Å². The number of methoxy groups -OCH3 is 1. The molecule has 0 fully saturated rings. The number of anilines is 2.